The van der Waals surface area contributed by atoms with E-state index >= 15 is 0 Å². The fourth-order valence-corrected chi connectivity index (χ4v) is 1.87. The summed E-state index contributed by atoms with van der Waals surface area (Å²) in [6.45, 7) is 4.91. The van der Waals surface area contributed by atoms with Crippen LogP contribution < -0.4 is 16.2 Å². The molecule has 5 nitrogen and oxygen atoms in total. The van der Waals surface area contributed by atoms with E-state index in [-0.39, 0.29) is 11.5 Å². The molecule has 0 aliphatic carbocycles. The van der Waals surface area contributed by atoms with Gasteiger partial charge in [-0.05, 0) is 23.8 Å². The fourth-order valence-electron chi connectivity index (χ4n) is 1.87. The number of hydrogen-bond donors (Lipinski definition) is 3. The number of carbonyl (C=O) groups is 1. The highest BCUT2D eigenvalue weighted by Crippen LogP contribution is 2.12. The molecule has 0 aliphatic rings. The van der Waals surface area contributed by atoms with Crippen molar-refractivity contribution in [2.45, 2.75) is 26.4 Å². The summed E-state index contributed by atoms with van der Waals surface area (Å²) in [6.07, 6.45) is 1.46. The summed E-state index contributed by atoms with van der Waals surface area (Å²) in [5, 5.41) is 6.12. The second-order valence-corrected chi connectivity index (χ2v) is 5.13. The van der Waals surface area contributed by atoms with E-state index < -0.39 is 0 Å². The first-order valence-corrected chi connectivity index (χ1v) is 6.87. The van der Waals surface area contributed by atoms with Crippen LogP contribution in [0.4, 0.5) is 5.69 Å². The molecule has 21 heavy (non-hydrogen) atoms. The van der Waals surface area contributed by atoms with E-state index in [4.69, 9.17) is 0 Å². The minimum atomic E-state index is -0.296. The molecule has 1 amide bonds. The van der Waals surface area contributed by atoms with Crippen molar-refractivity contribution in [3.63, 3.8) is 0 Å². The minimum absolute atomic E-state index is 0.294. The van der Waals surface area contributed by atoms with E-state index in [1.54, 1.807) is 6.07 Å². The van der Waals surface area contributed by atoms with Gasteiger partial charge in [-0.25, -0.2) is 0 Å². The van der Waals surface area contributed by atoms with Gasteiger partial charge in [0.25, 0.3) is 5.91 Å². The lowest BCUT2D eigenvalue weighted by Crippen LogP contribution is -2.22. The van der Waals surface area contributed by atoms with Gasteiger partial charge >= 0.3 is 0 Å². The molecule has 5 heteroatoms. The molecule has 0 aliphatic heterocycles. The van der Waals surface area contributed by atoms with E-state index in [1.807, 2.05) is 24.3 Å². The van der Waals surface area contributed by atoms with Crippen molar-refractivity contribution in [2.24, 2.45) is 0 Å². The summed E-state index contributed by atoms with van der Waals surface area (Å²) in [6, 6.07) is 10.9. The fraction of sp³-hybridized carbons (Fsp3) is 0.250. The molecule has 1 aromatic heterocycles. The molecule has 0 bridgehead atoms. The topological polar surface area (TPSA) is 74.0 Å². The smallest absolute Gasteiger partial charge is 0.255 e. The molecule has 0 saturated heterocycles. The zero-order valence-electron chi connectivity index (χ0n) is 12.1. The van der Waals surface area contributed by atoms with Crippen LogP contribution in [0, 0.1) is 0 Å². The summed E-state index contributed by atoms with van der Waals surface area (Å²) in [4.78, 5) is 25.8. The number of aromatic amines is 1. The quantitative estimate of drug-likeness (QED) is 0.788. The lowest BCUT2D eigenvalue weighted by molar-refractivity contribution is 0.102. The summed E-state index contributed by atoms with van der Waals surface area (Å²) in [5.41, 5.74) is 1.85. The predicted octanol–water partition coefficient (Wildman–Crippen LogP) is 2.13. The van der Waals surface area contributed by atoms with E-state index in [0.29, 0.717) is 17.3 Å². The van der Waals surface area contributed by atoms with E-state index in [2.05, 4.69) is 29.5 Å². The maximum absolute atomic E-state index is 12.1. The van der Waals surface area contributed by atoms with Crippen LogP contribution in [-0.2, 0) is 6.54 Å². The lowest BCUT2D eigenvalue weighted by Gasteiger charge is -2.10. The number of nitrogens with one attached hydrogen (secondary N) is 3. The molecule has 3 N–H and O–H groups in total. The third-order valence-electron chi connectivity index (χ3n) is 2.94. The van der Waals surface area contributed by atoms with E-state index in [0.717, 1.165) is 12.1 Å². The molecule has 2 aromatic rings. The van der Waals surface area contributed by atoms with Crippen LogP contribution in [0.5, 0.6) is 0 Å². The molecule has 0 radical (unpaired) electrons. The van der Waals surface area contributed by atoms with E-state index in [1.165, 1.54) is 12.3 Å². The van der Waals surface area contributed by atoms with Gasteiger partial charge in [-0.1, -0.05) is 26.0 Å². The summed E-state index contributed by atoms with van der Waals surface area (Å²) in [7, 11) is 0. The Hall–Kier alpha value is -2.40. The Kier molecular flexibility index (Phi) is 4.90. The summed E-state index contributed by atoms with van der Waals surface area (Å²) < 4.78 is 0. The number of H-pyrrole nitrogens is 1. The first-order valence-electron chi connectivity index (χ1n) is 6.87. The van der Waals surface area contributed by atoms with Crippen molar-refractivity contribution in [1.29, 1.82) is 0 Å². The average Bonchev–Trinajstić information content (AvgIpc) is 2.45. The number of aromatic nitrogens is 1. The first-order chi connectivity index (χ1) is 10.0. The largest absolute Gasteiger partial charge is 0.329 e. The monoisotopic (exact) mass is 285 g/mol. The molecular formula is C16H19N3O2. The van der Waals surface area contributed by atoms with Gasteiger partial charge in [0, 0.05) is 36.1 Å². The Morgan fingerprint density at radius 1 is 1.24 bits per heavy atom. The average molecular weight is 285 g/mol. The Bertz CT molecular complexity index is 677. The third kappa shape index (κ3) is 4.57. The van der Waals surface area contributed by atoms with Crippen LogP contribution in [-0.4, -0.2) is 16.9 Å². The Morgan fingerprint density at radius 2 is 2.05 bits per heavy atom. The molecule has 0 saturated carbocycles. The van der Waals surface area contributed by atoms with Gasteiger partial charge in [0.1, 0.15) is 0 Å². The van der Waals surface area contributed by atoms with Crippen molar-refractivity contribution < 1.29 is 4.79 Å². The second kappa shape index (κ2) is 6.85. The highest BCUT2D eigenvalue weighted by molar-refractivity contribution is 6.04. The van der Waals surface area contributed by atoms with Crippen molar-refractivity contribution in [2.75, 3.05) is 5.32 Å². The molecular weight excluding hydrogens is 266 g/mol. The summed E-state index contributed by atoms with van der Waals surface area (Å²) >= 11 is 0. The number of carbonyl (C=O) groups excluding carboxylic acids is 1. The van der Waals surface area contributed by atoms with Gasteiger partial charge in [0.2, 0.25) is 5.56 Å². The minimum Gasteiger partial charge on any atom is -0.329 e. The van der Waals surface area contributed by atoms with Crippen LogP contribution in [0.25, 0.3) is 0 Å². The molecule has 1 heterocycles. The van der Waals surface area contributed by atoms with Crippen LogP contribution in [0.1, 0.15) is 29.8 Å². The summed E-state index contributed by atoms with van der Waals surface area (Å²) in [5.74, 6) is -0.296. The number of pyridine rings is 1. The lowest BCUT2D eigenvalue weighted by atomic mass is 10.1. The number of benzene rings is 1. The predicted molar refractivity (Wildman–Crippen MR) is 83.4 cm³/mol. The highest BCUT2D eigenvalue weighted by atomic mass is 16.2. The zero-order valence-corrected chi connectivity index (χ0v) is 12.1. The van der Waals surface area contributed by atoms with Gasteiger partial charge in [0.15, 0.2) is 0 Å². The highest BCUT2D eigenvalue weighted by Gasteiger charge is 2.06. The van der Waals surface area contributed by atoms with Gasteiger partial charge < -0.3 is 15.6 Å². The number of hydrogen-bond acceptors (Lipinski definition) is 3. The van der Waals surface area contributed by atoms with Crippen LogP contribution in [0.2, 0.25) is 0 Å². The van der Waals surface area contributed by atoms with Crippen molar-refractivity contribution >= 4 is 11.6 Å². The Balaban J connectivity index is 2.07. The number of anilines is 1. The molecule has 2 rings (SSSR count). The van der Waals surface area contributed by atoms with Crippen molar-refractivity contribution in [3.8, 4) is 0 Å². The van der Waals surface area contributed by atoms with Gasteiger partial charge in [-0.2, -0.15) is 0 Å². The van der Waals surface area contributed by atoms with Crippen LogP contribution in [0.3, 0.4) is 0 Å². The molecule has 0 atom stereocenters. The SMILES string of the molecule is CC(C)NCc1cccc(NC(=O)c2cc[nH]c(=O)c2)c1. The maximum atomic E-state index is 12.1. The third-order valence-corrected chi connectivity index (χ3v) is 2.94. The molecule has 0 unspecified atom stereocenters. The van der Waals surface area contributed by atoms with Gasteiger partial charge in [-0.3, -0.25) is 9.59 Å². The van der Waals surface area contributed by atoms with E-state index in [9.17, 15) is 9.59 Å². The number of rotatable bonds is 5. The van der Waals surface area contributed by atoms with Gasteiger partial charge in [-0.15, -0.1) is 0 Å². The molecule has 0 spiro atoms. The van der Waals surface area contributed by atoms with Crippen molar-refractivity contribution in [1.82, 2.24) is 10.3 Å². The molecule has 0 fully saturated rings. The van der Waals surface area contributed by atoms with Gasteiger partial charge in [0.05, 0.1) is 0 Å². The standard InChI is InChI=1S/C16H19N3O2/c1-11(2)18-10-12-4-3-5-14(8-12)19-16(21)13-6-7-17-15(20)9-13/h3-9,11,18H,10H2,1-2H3,(H,17,20)(H,19,21). The molecule has 1 aromatic carbocycles. The van der Waals surface area contributed by atoms with Crippen molar-refractivity contribution in [3.05, 3.63) is 64.1 Å². The Labute approximate surface area is 123 Å². The normalized spacial score (nSPS) is 10.6. The number of amides is 1. The maximum Gasteiger partial charge on any atom is 0.255 e. The first kappa shape index (κ1) is 15.0. The molecule has 110 valence electrons. The van der Waals surface area contributed by atoms with Crippen LogP contribution >= 0.6 is 0 Å². The Morgan fingerprint density at radius 3 is 2.76 bits per heavy atom. The zero-order chi connectivity index (χ0) is 15.2. The van der Waals surface area contributed by atoms with Crippen LogP contribution in [0.15, 0.2) is 47.4 Å². The second-order valence-electron chi connectivity index (χ2n) is 5.13.